The van der Waals surface area contributed by atoms with Crippen molar-refractivity contribution >= 4 is 67.0 Å². The number of carbonyl (C=O) groups is 2. The number of aromatic amines is 1. The number of para-hydroxylation sites is 2. The van der Waals surface area contributed by atoms with E-state index < -0.39 is 43.2 Å². The number of imide groups is 1. The summed E-state index contributed by atoms with van der Waals surface area (Å²) in [6, 6.07) is 12.8. The van der Waals surface area contributed by atoms with Gasteiger partial charge in [-0.15, -0.1) is 0 Å². The SMILES string of the molecule is CCN(CC)CCN1C(=O)c2c(c3c4ccccc4n([C@@H]4O[C@H](CO)[C@@H](OC)[C@H](O)[C@H]4O)c3c3[nH]c4c(Cl)cccc4c23)C1=O. The molecule has 0 saturated carbocycles. The van der Waals surface area contributed by atoms with E-state index in [-0.39, 0.29) is 18.0 Å². The van der Waals surface area contributed by atoms with Crippen LogP contribution in [0.25, 0.3) is 43.6 Å². The Bertz CT molecular complexity index is 1980. The lowest BCUT2D eigenvalue weighted by Crippen LogP contribution is -2.57. The van der Waals surface area contributed by atoms with Crippen LogP contribution in [0.15, 0.2) is 42.5 Å². The van der Waals surface area contributed by atoms with Crippen LogP contribution in [0.3, 0.4) is 0 Å². The number of rotatable bonds is 8. The lowest BCUT2D eigenvalue weighted by molar-refractivity contribution is -0.255. The van der Waals surface area contributed by atoms with Gasteiger partial charge in [0.2, 0.25) is 0 Å². The minimum absolute atomic E-state index is 0.228. The highest BCUT2D eigenvalue weighted by Crippen LogP contribution is 2.48. The number of hydrogen-bond acceptors (Lipinski definition) is 8. The Kier molecular flexibility index (Phi) is 7.60. The van der Waals surface area contributed by atoms with Gasteiger partial charge in [-0.1, -0.05) is 55.8 Å². The van der Waals surface area contributed by atoms with Crippen molar-refractivity contribution in [2.24, 2.45) is 0 Å². The number of likely N-dealkylation sites (N-methyl/N-ethyl adjacent to an activating group) is 1. The van der Waals surface area contributed by atoms with Crippen LogP contribution in [0.4, 0.5) is 0 Å². The number of aliphatic hydroxyl groups is 3. The van der Waals surface area contributed by atoms with Crippen LogP contribution in [-0.2, 0) is 9.47 Å². The van der Waals surface area contributed by atoms with E-state index in [1.165, 1.54) is 12.0 Å². The molecule has 2 amide bonds. The van der Waals surface area contributed by atoms with Gasteiger partial charge in [-0.2, -0.15) is 0 Å². The molecule has 12 heteroatoms. The van der Waals surface area contributed by atoms with E-state index in [4.69, 9.17) is 21.1 Å². The zero-order valence-corrected chi connectivity index (χ0v) is 25.9. The summed E-state index contributed by atoms with van der Waals surface area (Å²) >= 11 is 6.67. The maximum absolute atomic E-state index is 14.4. The second-order valence-corrected chi connectivity index (χ2v) is 12.0. The van der Waals surface area contributed by atoms with Crippen molar-refractivity contribution in [3.8, 4) is 0 Å². The van der Waals surface area contributed by atoms with Crippen molar-refractivity contribution in [3.05, 3.63) is 58.6 Å². The second-order valence-electron chi connectivity index (χ2n) is 11.6. The van der Waals surface area contributed by atoms with Crippen molar-refractivity contribution in [1.29, 1.82) is 0 Å². The summed E-state index contributed by atoms with van der Waals surface area (Å²) in [5.74, 6) is -0.773. The fourth-order valence-electron chi connectivity index (χ4n) is 7.24. The number of hydrogen-bond donors (Lipinski definition) is 4. The molecule has 5 atom stereocenters. The van der Waals surface area contributed by atoms with E-state index in [1.54, 1.807) is 16.7 Å². The number of nitrogens with zero attached hydrogens (tertiary/aromatic N) is 3. The van der Waals surface area contributed by atoms with Crippen molar-refractivity contribution < 1.29 is 34.4 Å². The van der Waals surface area contributed by atoms with Gasteiger partial charge in [-0.3, -0.25) is 14.5 Å². The van der Waals surface area contributed by atoms with Gasteiger partial charge >= 0.3 is 0 Å². The summed E-state index contributed by atoms with van der Waals surface area (Å²) in [4.78, 5) is 35.5. The highest BCUT2D eigenvalue weighted by Gasteiger charge is 2.47. The number of carbonyl (C=O) groups excluding carboxylic acids is 2. The smallest absolute Gasteiger partial charge is 0.262 e. The van der Waals surface area contributed by atoms with E-state index in [9.17, 15) is 24.9 Å². The molecule has 7 rings (SSSR count). The number of H-pyrrole nitrogens is 1. The lowest BCUT2D eigenvalue weighted by atomic mass is 9.96. The average Bonchev–Trinajstić information content (AvgIpc) is 3.68. The number of aliphatic hydroxyl groups excluding tert-OH is 3. The molecule has 236 valence electrons. The monoisotopic (exact) mass is 634 g/mol. The maximum atomic E-state index is 14.4. The number of aromatic nitrogens is 2. The number of ether oxygens (including phenoxy) is 2. The molecule has 1 saturated heterocycles. The summed E-state index contributed by atoms with van der Waals surface area (Å²) in [7, 11) is 1.38. The fourth-order valence-corrected chi connectivity index (χ4v) is 7.46. The summed E-state index contributed by atoms with van der Waals surface area (Å²) in [6.45, 7) is 5.96. The first-order chi connectivity index (χ1) is 21.8. The van der Waals surface area contributed by atoms with Crippen LogP contribution >= 0.6 is 11.6 Å². The third-order valence-electron chi connectivity index (χ3n) is 9.50. The normalized spacial score (nSPS) is 23.9. The van der Waals surface area contributed by atoms with E-state index in [0.29, 0.717) is 60.7 Å². The molecule has 0 aliphatic carbocycles. The first-order valence-corrected chi connectivity index (χ1v) is 15.6. The quantitative estimate of drug-likeness (QED) is 0.190. The standard InChI is InChI=1S/C33H35ClN4O7/c1-4-36(5-2)13-14-37-31(42)23-21-17-10-8-11-18(34)25(17)35-26(21)27-22(24(23)32(37)43)16-9-6-7-12-19(16)38(27)33-29(41)28(40)30(44-3)20(15-39)45-33/h6-12,20,28-30,33,35,39-41H,4-5,13-15H2,1-3H3/t20-,28-,29-,30-,33-/m1/s1. The Labute approximate surface area is 263 Å². The Hall–Kier alpha value is -3.55. The lowest BCUT2D eigenvalue weighted by Gasteiger charge is -2.42. The number of methoxy groups -OCH3 is 1. The van der Waals surface area contributed by atoms with Crippen LogP contribution in [-0.4, -0.2) is 111 Å². The summed E-state index contributed by atoms with van der Waals surface area (Å²) in [6.07, 6.45) is -5.95. The van der Waals surface area contributed by atoms with Crippen LogP contribution in [0.5, 0.6) is 0 Å². The van der Waals surface area contributed by atoms with E-state index >= 15 is 0 Å². The third-order valence-corrected chi connectivity index (χ3v) is 9.81. The van der Waals surface area contributed by atoms with Crippen LogP contribution in [0.2, 0.25) is 5.02 Å². The van der Waals surface area contributed by atoms with E-state index in [2.05, 4.69) is 9.88 Å². The Morgan fingerprint density at radius 2 is 1.64 bits per heavy atom. The number of halogens is 1. The van der Waals surface area contributed by atoms with Gasteiger partial charge in [0.15, 0.2) is 6.23 Å². The van der Waals surface area contributed by atoms with Crippen molar-refractivity contribution in [2.45, 2.75) is 44.5 Å². The molecule has 45 heavy (non-hydrogen) atoms. The van der Waals surface area contributed by atoms with Crippen LogP contribution in [0.1, 0.15) is 40.8 Å². The molecule has 0 spiro atoms. The molecular weight excluding hydrogens is 600 g/mol. The van der Waals surface area contributed by atoms with Crippen molar-refractivity contribution in [3.63, 3.8) is 0 Å². The predicted molar refractivity (Wildman–Crippen MR) is 171 cm³/mol. The molecule has 0 unspecified atom stereocenters. The van der Waals surface area contributed by atoms with E-state index in [0.717, 1.165) is 13.1 Å². The predicted octanol–water partition coefficient (Wildman–Crippen LogP) is 3.65. The number of amides is 2. The molecule has 2 aliphatic heterocycles. The molecule has 5 aromatic rings. The molecular formula is C33H35ClN4O7. The summed E-state index contributed by atoms with van der Waals surface area (Å²) in [5.41, 5.74) is 2.83. The molecule has 2 aliphatic rings. The highest BCUT2D eigenvalue weighted by atomic mass is 35.5. The molecule has 0 radical (unpaired) electrons. The molecule has 3 aromatic carbocycles. The van der Waals surface area contributed by atoms with Gasteiger partial charge in [0.1, 0.15) is 24.4 Å². The van der Waals surface area contributed by atoms with Gasteiger partial charge in [0.25, 0.3) is 11.8 Å². The molecule has 11 nitrogen and oxygen atoms in total. The van der Waals surface area contributed by atoms with Crippen LogP contribution in [0, 0.1) is 0 Å². The van der Waals surface area contributed by atoms with Gasteiger partial charge in [-0.05, 0) is 25.2 Å². The largest absolute Gasteiger partial charge is 0.394 e. The van der Waals surface area contributed by atoms with Gasteiger partial charge in [-0.25, -0.2) is 0 Å². The van der Waals surface area contributed by atoms with Gasteiger partial charge in [0.05, 0.1) is 44.8 Å². The summed E-state index contributed by atoms with van der Waals surface area (Å²) in [5, 5.41) is 35.6. The Balaban J connectivity index is 1.58. The molecule has 2 aromatic heterocycles. The third kappa shape index (κ3) is 4.26. The first-order valence-electron chi connectivity index (χ1n) is 15.2. The van der Waals surface area contributed by atoms with Crippen molar-refractivity contribution in [1.82, 2.24) is 19.4 Å². The maximum Gasteiger partial charge on any atom is 0.262 e. The zero-order valence-electron chi connectivity index (χ0n) is 25.2. The fraction of sp³-hybridized carbons (Fsp3) is 0.394. The van der Waals surface area contributed by atoms with Crippen molar-refractivity contribution in [2.75, 3.05) is 39.9 Å². The van der Waals surface area contributed by atoms with Gasteiger partial charge in [0, 0.05) is 41.7 Å². The molecule has 1 fully saturated rings. The molecule has 4 heterocycles. The molecule has 4 N–H and O–H groups in total. The summed E-state index contributed by atoms with van der Waals surface area (Å²) < 4.78 is 13.4. The Morgan fingerprint density at radius 3 is 2.33 bits per heavy atom. The second kappa shape index (κ2) is 11.4. The highest BCUT2D eigenvalue weighted by molar-refractivity contribution is 6.41. The van der Waals surface area contributed by atoms with Crippen LogP contribution < -0.4 is 0 Å². The molecule has 0 bridgehead atoms. The van der Waals surface area contributed by atoms with E-state index in [1.807, 2.05) is 44.2 Å². The number of fused-ring (bicyclic) bond motifs is 10. The topological polar surface area (TPSA) is 140 Å². The zero-order chi connectivity index (χ0) is 31.7. The number of benzene rings is 3. The number of nitrogens with one attached hydrogen (secondary N) is 1. The van der Waals surface area contributed by atoms with Gasteiger partial charge < -0.3 is 39.2 Å². The minimum atomic E-state index is -1.46. The minimum Gasteiger partial charge on any atom is -0.394 e. The average molecular weight is 635 g/mol. The first kappa shape index (κ1) is 30.1. The Morgan fingerprint density at radius 1 is 0.956 bits per heavy atom.